The summed E-state index contributed by atoms with van der Waals surface area (Å²) in [6.45, 7) is 5.22. The molecule has 1 N–H and O–H groups in total. The zero-order valence-corrected chi connectivity index (χ0v) is 15.8. The summed E-state index contributed by atoms with van der Waals surface area (Å²) in [6, 6.07) is 0. The van der Waals surface area contributed by atoms with Crippen LogP contribution in [0.25, 0.3) is 11.2 Å². The van der Waals surface area contributed by atoms with E-state index in [0.717, 1.165) is 37.9 Å². The Kier molecular flexibility index (Phi) is 5.93. The molecule has 0 saturated heterocycles. The molecule has 2 heterocycles. The first-order valence-electron chi connectivity index (χ1n) is 9.44. The minimum absolute atomic E-state index is 0.141. The van der Waals surface area contributed by atoms with Crippen LogP contribution in [0, 0.1) is 0 Å². The molecule has 1 saturated carbocycles. The van der Waals surface area contributed by atoms with Crippen molar-refractivity contribution in [2.45, 2.75) is 71.1 Å². The van der Waals surface area contributed by atoms with Gasteiger partial charge >= 0.3 is 5.69 Å². The minimum Gasteiger partial charge on any atom is -0.359 e. The Balaban J connectivity index is 2.00. The first-order valence-corrected chi connectivity index (χ1v) is 9.44. The van der Waals surface area contributed by atoms with E-state index < -0.39 is 0 Å². The van der Waals surface area contributed by atoms with Gasteiger partial charge in [0.1, 0.15) is 18.1 Å². The molecule has 0 spiro atoms. The Morgan fingerprint density at radius 3 is 2.58 bits per heavy atom. The van der Waals surface area contributed by atoms with Crippen LogP contribution in [-0.2, 0) is 22.6 Å². The summed E-state index contributed by atoms with van der Waals surface area (Å²) in [7, 11) is 1.61. The molecule has 0 aromatic carbocycles. The second-order valence-corrected chi connectivity index (χ2v) is 6.92. The van der Waals surface area contributed by atoms with Crippen molar-refractivity contribution in [2.75, 3.05) is 13.9 Å². The predicted molar refractivity (Wildman–Crippen MR) is 98.5 cm³/mol. The molecule has 1 aliphatic carbocycles. The quantitative estimate of drug-likeness (QED) is 0.723. The molecule has 0 unspecified atom stereocenters. The van der Waals surface area contributed by atoms with E-state index in [2.05, 4.69) is 9.97 Å². The molecule has 0 amide bonds. The number of hydrogen-bond donors (Lipinski definition) is 1. The largest absolute Gasteiger partial charge is 0.359 e. The Morgan fingerprint density at radius 1 is 1.15 bits per heavy atom. The number of imidazole rings is 1. The third-order valence-corrected chi connectivity index (χ3v) is 4.97. The lowest BCUT2D eigenvalue weighted by atomic mass is 10.1. The summed E-state index contributed by atoms with van der Waals surface area (Å²) in [4.78, 5) is 33.4. The van der Waals surface area contributed by atoms with E-state index in [1.807, 2.05) is 13.8 Å². The van der Waals surface area contributed by atoms with Crippen LogP contribution >= 0.6 is 0 Å². The second-order valence-electron chi connectivity index (χ2n) is 6.92. The van der Waals surface area contributed by atoms with Crippen molar-refractivity contribution in [2.24, 2.45) is 0 Å². The molecular weight excluding hydrogens is 336 g/mol. The van der Waals surface area contributed by atoms with Gasteiger partial charge in [-0.3, -0.25) is 13.9 Å². The van der Waals surface area contributed by atoms with Crippen LogP contribution in [0.2, 0.25) is 0 Å². The maximum Gasteiger partial charge on any atom is 0.332 e. The average molecular weight is 364 g/mol. The Labute approximate surface area is 152 Å². The highest BCUT2D eigenvalue weighted by Gasteiger charge is 2.29. The molecule has 0 bridgehead atoms. The highest BCUT2D eigenvalue weighted by atomic mass is 16.7. The molecule has 26 heavy (non-hydrogen) atoms. The lowest BCUT2D eigenvalue weighted by molar-refractivity contribution is -0.0691. The number of rotatable bonds is 8. The van der Waals surface area contributed by atoms with Crippen LogP contribution < -0.4 is 11.2 Å². The number of ether oxygens (including phenoxy) is 2. The predicted octanol–water partition coefficient (Wildman–Crippen LogP) is 1.96. The van der Waals surface area contributed by atoms with Crippen LogP contribution in [0.4, 0.5) is 0 Å². The molecule has 8 heteroatoms. The van der Waals surface area contributed by atoms with Crippen LogP contribution in [0.1, 0.15) is 57.7 Å². The first kappa shape index (κ1) is 18.8. The van der Waals surface area contributed by atoms with E-state index >= 15 is 0 Å². The van der Waals surface area contributed by atoms with Gasteiger partial charge in [-0.05, 0) is 32.1 Å². The SMILES string of the molecule is CCCn1c(=O)c2[nH]c([C@@H]3CC[C@@H](OCOC)C3)nc2n(CCC)c1=O. The molecule has 0 aliphatic heterocycles. The summed E-state index contributed by atoms with van der Waals surface area (Å²) in [5.74, 6) is 0.979. The van der Waals surface area contributed by atoms with Gasteiger partial charge in [-0.25, -0.2) is 9.78 Å². The summed E-state index contributed by atoms with van der Waals surface area (Å²) >= 11 is 0. The molecule has 144 valence electrons. The second kappa shape index (κ2) is 8.18. The Morgan fingerprint density at radius 2 is 1.88 bits per heavy atom. The number of aromatic amines is 1. The zero-order chi connectivity index (χ0) is 18.7. The summed E-state index contributed by atoms with van der Waals surface area (Å²) in [5.41, 5.74) is 0.369. The van der Waals surface area contributed by atoms with Gasteiger partial charge in [-0.15, -0.1) is 0 Å². The molecule has 8 nitrogen and oxygen atoms in total. The van der Waals surface area contributed by atoms with Crippen molar-refractivity contribution >= 4 is 11.2 Å². The van der Waals surface area contributed by atoms with Gasteiger partial charge in [0.15, 0.2) is 5.65 Å². The summed E-state index contributed by atoms with van der Waals surface area (Å²) in [5, 5.41) is 0. The maximum absolute atomic E-state index is 12.8. The number of methoxy groups -OCH3 is 1. The molecule has 3 rings (SSSR count). The number of hydrogen-bond acceptors (Lipinski definition) is 5. The van der Waals surface area contributed by atoms with E-state index in [1.54, 1.807) is 11.7 Å². The van der Waals surface area contributed by atoms with Gasteiger partial charge in [0.2, 0.25) is 0 Å². The molecular formula is C18H28N4O4. The van der Waals surface area contributed by atoms with Crippen LogP contribution in [0.15, 0.2) is 9.59 Å². The normalized spacial score (nSPS) is 20.3. The fourth-order valence-corrected chi connectivity index (χ4v) is 3.73. The maximum atomic E-state index is 12.8. The van der Waals surface area contributed by atoms with E-state index in [-0.39, 0.29) is 30.1 Å². The number of nitrogens with zero attached hydrogens (tertiary/aromatic N) is 3. The molecule has 1 fully saturated rings. The number of aromatic nitrogens is 4. The van der Waals surface area contributed by atoms with E-state index in [4.69, 9.17) is 9.47 Å². The molecule has 2 aromatic rings. The van der Waals surface area contributed by atoms with Gasteiger partial charge in [-0.2, -0.15) is 0 Å². The highest BCUT2D eigenvalue weighted by Crippen LogP contribution is 2.35. The van der Waals surface area contributed by atoms with Gasteiger partial charge in [0.05, 0.1) is 6.10 Å². The van der Waals surface area contributed by atoms with Crippen LogP contribution in [0.3, 0.4) is 0 Å². The zero-order valence-electron chi connectivity index (χ0n) is 15.8. The molecule has 2 aromatic heterocycles. The van der Waals surface area contributed by atoms with Crippen LogP contribution in [-0.4, -0.2) is 39.1 Å². The van der Waals surface area contributed by atoms with E-state index in [9.17, 15) is 9.59 Å². The minimum atomic E-state index is -0.275. The molecule has 0 radical (unpaired) electrons. The third kappa shape index (κ3) is 3.48. The number of aryl methyl sites for hydroxylation is 1. The number of nitrogens with one attached hydrogen (secondary N) is 1. The lowest BCUT2D eigenvalue weighted by Crippen LogP contribution is -2.40. The summed E-state index contributed by atoms with van der Waals surface area (Å²) in [6.07, 6.45) is 4.39. The number of fused-ring (bicyclic) bond motifs is 1. The Bertz CT molecular complexity index is 866. The van der Waals surface area contributed by atoms with Crippen molar-refractivity contribution in [3.8, 4) is 0 Å². The topological polar surface area (TPSA) is 91.1 Å². The molecule has 2 atom stereocenters. The van der Waals surface area contributed by atoms with Crippen molar-refractivity contribution in [1.82, 2.24) is 19.1 Å². The highest BCUT2D eigenvalue weighted by molar-refractivity contribution is 5.70. The first-order chi connectivity index (χ1) is 12.6. The van der Waals surface area contributed by atoms with Crippen LogP contribution in [0.5, 0.6) is 0 Å². The van der Waals surface area contributed by atoms with Gasteiger partial charge in [0, 0.05) is 26.1 Å². The fraction of sp³-hybridized carbons (Fsp3) is 0.722. The fourth-order valence-electron chi connectivity index (χ4n) is 3.73. The Hall–Kier alpha value is -1.93. The van der Waals surface area contributed by atoms with Gasteiger partial charge in [-0.1, -0.05) is 13.8 Å². The average Bonchev–Trinajstić information content (AvgIpc) is 3.27. The van der Waals surface area contributed by atoms with Crippen molar-refractivity contribution in [3.05, 3.63) is 26.7 Å². The monoisotopic (exact) mass is 364 g/mol. The van der Waals surface area contributed by atoms with E-state index in [0.29, 0.717) is 24.3 Å². The summed E-state index contributed by atoms with van der Waals surface area (Å²) < 4.78 is 13.6. The van der Waals surface area contributed by atoms with E-state index in [1.165, 1.54) is 4.57 Å². The van der Waals surface area contributed by atoms with Gasteiger partial charge < -0.3 is 14.5 Å². The van der Waals surface area contributed by atoms with Crippen molar-refractivity contribution < 1.29 is 9.47 Å². The van der Waals surface area contributed by atoms with Crippen molar-refractivity contribution in [3.63, 3.8) is 0 Å². The standard InChI is InChI=1S/C18H28N4O4/c1-4-8-21-16-14(17(23)22(9-5-2)18(21)24)19-15(20-16)12-6-7-13(10-12)26-11-25-3/h12-13H,4-11H2,1-3H3,(H,19,20)/t12-,13-/m1/s1. The van der Waals surface area contributed by atoms with Gasteiger partial charge in [0.25, 0.3) is 5.56 Å². The van der Waals surface area contributed by atoms with Crippen molar-refractivity contribution in [1.29, 1.82) is 0 Å². The third-order valence-electron chi connectivity index (χ3n) is 4.97. The lowest BCUT2D eigenvalue weighted by Gasteiger charge is -2.10. The molecule has 1 aliphatic rings. The smallest absolute Gasteiger partial charge is 0.332 e. The number of H-pyrrole nitrogens is 1.